The van der Waals surface area contributed by atoms with Crippen LogP contribution in [-0.2, 0) is 9.53 Å². The van der Waals surface area contributed by atoms with Gasteiger partial charge in [-0.05, 0) is 24.6 Å². The number of hydrogen-bond acceptors (Lipinski definition) is 3. The SMILES string of the molecule is [NH3+]CCOC(=O)[C@@H]([NH3+])CCCCNCl. The average molecular weight is 226 g/mol. The summed E-state index contributed by atoms with van der Waals surface area (Å²) in [5, 5.41) is 0. The number of carbonyl (C=O) groups excluding carboxylic acids is 1. The summed E-state index contributed by atoms with van der Waals surface area (Å²) < 4.78 is 4.90. The number of unbranched alkanes of at least 4 members (excludes halogenated alkanes) is 1. The lowest BCUT2D eigenvalue weighted by molar-refractivity contribution is -0.412. The Morgan fingerprint density at radius 2 is 2.21 bits per heavy atom. The lowest BCUT2D eigenvalue weighted by Gasteiger charge is -2.07. The van der Waals surface area contributed by atoms with Crippen molar-refractivity contribution < 1.29 is 21.0 Å². The summed E-state index contributed by atoms with van der Waals surface area (Å²) >= 11 is 5.28. The standard InChI is InChI=1S/C8H18ClN3O2/c9-12-5-2-1-3-7(11)8(13)14-6-4-10/h7,12H,1-6,10-11H2/p+2/t7-/m0/s1. The Bertz CT molecular complexity index is 158. The normalized spacial score (nSPS) is 12.5. The maximum atomic E-state index is 11.2. The van der Waals surface area contributed by atoms with E-state index in [1.807, 2.05) is 0 Å². The average Bonchev–Trinajstić information content (AvgIpc) is 2.20. The number of nitrogens with one attached hydrogen (secondary N) is 1. The van der Waals surface area contributed by atoms with Crippen LogP contribution in [0.15, 0.2) is 0 Å². The number of ether oxygens (including phenoxy) is 1. The molecule has 0 unspecified atom stereocenters. The van der Waals surface area contributed by atoms with Gasteiger partial charge in [-0.25, -0.2) is 9.63 Å². The van der Waals surface area contributed by atoms with Gasteiger partial charge in [0, 0.05) is 13.0 Å². The van der Waals surface area contributed by atoms with Crippen molar-refractivity contribution >= 4 is 17.7 Å². The molecule has 0 saturated carbocycles. The van der Waals surface area contributed by atoms with Gasteiger partial charge in [0.1, 0.15) is 13.2 Å². The van der Waals surface area contributed by atoms with E-state index in [4.69, 9.17) is 16.5 Å². The topological polar surface area (TPSA) is 93.6 Å². The predicted molar refractivity (Wildman–Crippen MR) is 53.1 cm³/mol. The van der Waals surface area contributed by atoms with Gasteiger partial charge >= 0.3 is 5.97 Å². The minimum absolute atomic E-state index is 0.229. The molecule has 0 radical (unpaired) electrons. The third-order valence-corrected chi connectivity index (χ3v) is 1.98. The fraction of sp³-hybridized carbons (Fsp3) is 0.875. The molecule has 0 saturated heterocycles. The quantitative estimate of drug-likeness (QED) is 0.261. The molecule has 0 aromatic heterocycles. The van der Waals surface area contributed by atoms with E-state index in [1.54, 1.807) is 0 Å². The van der Waals surface area contributed by atoms with Crippen LogP contribution in [-0.4, -0.2) is 31.7 Å². The van der Waals surface area contributed by atoms with Gasteiger partial charge in [0.2, 0.25) is 0 Å². The zero-order chi connectivity index (χ0) is 10.8. The highest BCUT2D eigenvalue weighted by Crippen LogP contribution is 1.98. The van der Waals surface area contributed by atoms with Gasteiger partial charge in [-0.1, -0.05) is 0 Å². The monoisotopic (exact) mass is 225 g/mol. The van der Waals surface area contributed by atoms with E-state index in [-0.39, 0.29) is 12.0 Å². The first-order valence-corrected chi connectivity index (χ1v) is 5.22. The third kappa shape index (κ3) is 7.08. The molecule has 0 aliphatic heterocycles. The lowest BCUT2D eigenvalue weighted by Crippen LogP contribution is -2.65. The molecule has 0 spiro atoms. The minimum atomic E-state index is -0.267. The molecular formula is C8H20ClN3O2+2. The molecule has 84 valence electrons. The molecule has 5 nitrogen and oxygen atoms in total. The minimum Gasteiger partial charge on any atom is -0.455 e. The summed E-state index contributed by atoms with van der Waals surface area (Å²) in [6.07, 6.45) is 2.61. The summed E-state index contributed by atoms with van der Waals surface area (Å²) in [5.74, 6) is -0.229. The first-order chi connectivity index (χ1) is 6.72. The van der Waals surface area contributed by atoms with Crippen LogP contribution in [0, 0.1) is 0 Å². The summed E-state index contributed by atoms with van der Waals surface area (Å²) in [4.78, 5) is 13.7. The molecule has 1 atom stereocenters. The molecule has 0 aliphatic rings. The van der Waals surface area contributed by atoms with Gasteiger partial charge in [-0.2, -0.15) is 0 Å². The molecule has 0 aliphatic carbocycles. The van der Waals surface area contributed by atoms with Crippen molar-refractivity contribution in [2.75, 3.05) is 19.7 Å². The Labute approximate surface area is 89.2 Å². The highest BCUT2D eigenvalue weighted by molar-refractivity contribution is 6.13. The fourth-order valence-corrected chi connectivity index (χ4v) is 1.12. The van der Waals surface area contributed by atoms with Crippen LogP contribution in [0.5, 0.6) is 0 Å². The van der Waals surface area contributed by atoms with Gasteiger partial charge in [-0.15, -0.1) is 0 Å². The molecule has 0 fully saturated rings. The second-order valence-electron chi connectivity index (χ2n) is 3.10. The Kier molecular flexibility index (Phi) is 8.97. The fourth-order valence-electron chi connectivity index (χ4n) is 0.991. The molecule has 7 N–H and O–H groups in total. The van der Waals surface area contributed by atoms with Crippen molar-refractivity contribution in [3.63, 3.8) is 0 Å². The van der Waals surface area contributed by atoms with E-state index in [2.05, 4.69) is 16.3 Å². The lowest BCUT2D eigenvalue weighted by atomic mass is 10.1. The van der Waals surface area contributed by atoms with Gasteiger partial charge in [0.25, 0.3) is 0 Å². The van der Waals surface area contributed by atoms with Crippen molar-refractivity contribution in [2.24, 2.45) is 0 Å². The Hall–Kier alpha value is -0.360. The number of carbonyl (C=O) groups is 1. The van der Waals surface area contributed by atoms with Crippen LogP contribution in [0.1, 0.15) is 19.3 Å². The van der Waals surface area contributed by atoms with Crippen molar-refractivity contribution in [1.82, 2.24) is 4.84 Å². The van der Waals surface area contributed by atoms with E-state index in [0.717, 1.165) is 25.8 Å². The van der Waals surface area contributed by atoms with Crippen molar-refractivity contribution in [3.8, 4) is 0 Å². The molecule has 0 rings (SSSR count). The second-order valence-corrected chi connectivity index (χ2v) is 3.36. The van der Waals surface area contributed by atoms with Crippen molar-refractivity contribution in [2.45, 2.75) is 25.3 Å². The Balaban J connectivity index is 3.42. The van der Waals surface area contributed by atoms with Crippen LogP contribution in [0.4, 0.5) is 0 Å². The van der Waals surface area contributed by atoms with Gasteiger partial charge in [-0.3, -0.25) is 0 Å². The summed E-state index contributed by atoms with van der Waals surface area (Å²) in [5.41, 5.74) is 7.32. The molecule has 0 amide bonds. The molecule has 0 aromatic rings. The molecule has 0 aromatic carbocycles. The van der Waals surface area contributed by atoms with E-state index < -0.39 is 0 Å². The van der Waals surface area contributed by atoms with Crippen LogP contribution < -0.4 is 16.3 Å². The first-order valence-electron chi connectivity index (χ1n) is 4.84. The third-order valence-electron chi connectivity index (χ3n) is 1.80. The van der Waals surface area contributed by atoms with Crippen molar-refractivity contribution in [1.29, 1.82) is 0 Å². The Morgan fingerprint density at radius 1 is 1.50 bits per heavy atom. The zero-order valence-electron chi connectivity index (χ0n) is 8.43. The first kappa shape index (κ1) is 13.6. The van der Waals surface area contributed by atoms with E-state index in [9.17, 15) is 4.79 Å². The summed E-state index contributed by atoms with van der Waals surface area (Å²) in [6.45, 7) is 1.74. The van der Waals surface area contributed by atoms with Gasteiger partial charge in [0.05, 0.1) is 0 Å². The maximum absolute atomic E-state index is 11.2. The van der Waals surface area contributed by atoms with Gasteiger partial charge in [0.15, 0.2) is 6.04 Å². The number of esters is 1. The molecule has 6 heteroatoms. The number of quaternary nitrogens is 2. The number of halogens is 1. The van der Waals surface area contributed by atoms with Crippen LogP contribution in [0.25, 0.3) is 0 Å². The molecule has 0 heterocycles. The van der Waals surface area contributed by atoms with Crippen LogP contribution in [0.3, 0.4) is 0 Å². The predicted octanol–water partition coefficient (Wildman–Crippen LogP) is -1.70. The maximum Gasteiger partial charge on any atom is 0.364 e. The number of hydrogen-bond donors (Lipinski definition) is 3. The highest BCUT2D eigenvalue weighted by atomic mass is 35.5. The highest BCUT2D eigenvalue weighted by Gasteiger charge is 2.17. The Morgan fingerprint density at radius 3 is 2.79 bits per heavy atom. The summed E-state index contributed by atoms with van der Waals surface area (Å²) in [6, 6.07) is -0.267. The molecule has 0 bridgehead atoms. The van der Waals surface area contributed by atoms with E-state index >= 15 is 0 Å². The van der Waals surface area contributed by atoms with Crippen molar-refractivity contribution in [3.05, 3.63) is 0 Å². The van der Waals surface area contributed by atoms with Gasteiger partial charge < -0.3 is 16.2 Å². The van der Waals surface area contributed by atoms with E-state index in [0.29, 0.717) is 13.2 Å². The summed E-state index contributed by atoms with van der Waals surface area (Å²) in [7, 11) is 0. The molecule has 14 heavy (non-hydrogen) atoms. The smallest absolute Gasteiger partial charge is 0.364 e. The zero-order valence-corrected chi connectivity index (χ0v) is 9.18. The van der Waals surface area contributed by atoms with Crippen LogP contribution >= 0.6 is 11.8 Å². The number of rotatable bonds is 8. The molecular weight excluding hydrogens is 206 g/mol. The van der Waals surface area contributed by atoms with E-state index in [1.165, 1.54) is 0 Å². The largest absolute Gasteiger partial charge is 0.455 e. The second kappa shape index (κ2) is 9.21. The van der Waals surface area contributed by atoms with Crippen LogP contribution in [0.2, 0.25) is 0 Å².